The van der Waals surface area contributed by atoms with Crippen LogP contribution in [-0.2, 0) is 9.53 Å². The van der Waals surface area contributed by atoms with Gasteiger partial charge in [0.05, 0.1) is 24.8 Å². The highest BCUT2D eigenvalue weighted by Gasteiger charge is 2.29. The monoisotopic (exact) mass is 310 g/mol. The molecular weight excluding hydrogens is 288 g/mol. The van der Waals surface area contributed by atoms with Crippen LogP contribution in [0.2, 0.25) is 0 Å². The van der Waals surface area contributed by atoms with Crippen molar-refractivity contribution in [2.45, 2.75) is 45.1 Å². The summed E-state index contributed by atoms with van der Waals surface area (Å²) < 4.78 is 10.5. The van der Waals surface area contributed by atoms with Crippen molar-refractivity contribution < 1.29 is 24.0 Å². The van der Waals surface area contributed by atoms with Crippen LogP contribution in [0.15, 0.2) is 10.6 Å². The first-order valence-corrected chi connectivity index (χ1v) is 7.64. The normalized spacial score (nSPS) is 18.7. The van der Waals surface area contributed by atoms with Gasteiger partial charge in [0.25, 0.3) is 5.91 Å². The fraction of sp³-hybridized carbons (Fsp3) is 0.667. The predicted octanol–water partition coefficient (Wildman–Crippen LogP) is 1.89. The maximum absolute atomic E-state index is 12.4. The number of rotatable bonds is 6. The molecule has 1 aromatic heterocycles. The minimum atomic E-state index is -0.935. The van der Waals surface area contributed by atoms with Crippen LogP contribution >= 0.6 is 0 Å². The van der Waals surface area contributed by atoms with Gasteiger partial charge in [-0.2, -0.15) is 0 Å². The number of carbonyl (C=O) groups is 2. The molecule has 2 heterocycles. The highest BCUT2D eigenvalue weighted by Crippen LogP contribution is 2.23. The zero-order chi connectivity index (χ0) is 16.1. The second kappa shape index (κ2) is 7.40. The van der Waals surface area contributed by atoms with Gasteiger partial charge in [-0.05, 0) is 12.8 Å². The van der Waals surface area contributed by atoms with Crippen molar-refractivity contribution in [1.29, 1.82) is 0 Å². The Morgan fingerprint density at radius 1 is 1.45 bits per heavy atom. The zero-order valence-electron chi connectivity index (χ0n) is 12.9. The van der Waals surface area contributed by atoms with Crippen LogP contribution in [-0.4, -0.2) is 52.8 Å². The smallest absolute Gasteiger partial charge is 0.306 e. The lowest BCUT2D eigenvalue weighted by atomic mass is 9.99. The number of morpholine rings is 1. The summed E-state index contributed by atoms with van der Waals surface area (Å²) >= 11 is 0. The lowest BCUT2D eigenvalue weighted by Crippen LogP contribution is -2.46. The van der Waals surface area contributed by atoms with Crippen LogP contribution < -0.4 is 0 Å². The van der Waals surface area contributed by atoms with Gasteiger partial charge >= 0.3 is 5.97 Å². The van der Waals surface area contributed by atoms with Gasteiger partial charge in [0.2, 0.25) is 5.76 Å². The highest BCUT2D eigenvalue weighted by molar-refractivity contribution is 5.91. The number of ether oxygens (including phenoxy) is 1. The number of aromatic nitrogens is 1. The molecule has 0 aliphatic carbocycles. The standard InChI is InChI=1S/C15H22N2O5/c1-3-10(4-2)12-8-13(22-16-12)15(20)17-5-6-21-11(9-17)7-14(18)19/h8,10-11H,3-7,9H2,1-2H3,(H,18,19). The molecule has 1 saturated heterocycles. The Balaban J connectivity index is 2.03. The number of hydrogen-bond acceptors (Lipinski definition) is 5. The topological polar surface area (TPSA) is 92.9 Å². The predicted molar refractivity (Wildman–Crippen MR) is 77.7 cm³/mol. The third-order valence-electron chi connectivity index (χ3n) is 3.97. The van der Waals surface area contributed by atoms with E-state index in [-0.39, 0.29) is 30.6 Å². The van der Waals surface area contributed by atoms with Crippen LogP contribution in [0.5, 0.6) is 0 Å². The molecule has 1 aliphatic heterocycles. The van der Waals surface area contributed by atoms with Crippen LogP contribution in [0.25, 0.3) is 0 Å². The van der Waals surface area contributed by atoms with E-state index in [0.717, 1.165) is 18.5 Å². The van der Waals surface area contributed by atoms with E-state index in [9.17, 15) is 9.59 Å². The fourth-order valence-corrected chi connectivity index (χ4v) is 2.67. The van der Waals surface area contributed by atoms with E-state index in [1.54, 1.807) is 11.0 Å². The molecule has 0 saturated carbocycles. The summed E-state index contributed by atoms with van der Waals surface area (Å²) in [5.74, 6) is -0.703. The van der Waals surface area contributed by atoms with Gasteiger partial charge in [-0.15, -0.1) is 0 Å². The first-order valence-electron chi connectivity index (χ1n) is 7.64. The Morgan fingerprint density at radius 2 is 2.18 bits per heavy atom. The third kappa shape index (κ3) is 3.85. The number of nitrogens with zero attached hydrogens (tertiary/aromatic N) is 2. The van der Waals surface area contributed by atoms with Crippen LogP contribution in [0.1, 0.15) is 55.3 Å². The molecule has 0 bridgehead atoms. The maximum Gasteiger partial charge on any atom is 0.306 e. The van der Waals surface area contributed by atoms with Gasteiger partial charge in [0.1, 0.15) is 0 Å². The number of carboxylic acid groups (broad SMARTS) is 1. The number of amides is 1. The van der Waals surface area contributed by atoms with Gasteiger partial charge in [-0.3, -0.25) is 9.59 Å². The minimum absolute atomic E-state index is 0.112. The highest BCUT2D eigenvalue weighted by atomic mass is 16.5. The van der Waals surface area contributed by atoms with Crippen molar-refractivity contribution in [1.82, 2.24) is 10.1 Å². The Kier molecular flexibility index (Phi) is 5.54. The molecule has 7 heteroatoms. The molecule has 1 unspecified atom stereocenters. The second-order valence-corrected chi connectivity index (χ2v) is 5.47. The van der Waals surface area contributed by atoms with Gasteiger partial charge in [0.15, 0.2) is 0 Å². The minimum Gasteiger partial charge on any atom is -0.481 e. The molecule has 1 aromatic rings. The van der Waals surface area contributed by atoms with E-state index in [1.807, 2.05) is 0 Å². The molecule has 1 fully saturated rings. The van der Waals surface area contributed by atoms with Gasteiger partial charge in [0, 0.05) is 25.1 Å². The molecule has 2 rings (SSSR count). The summed E-state index contributed by atoms with van der Waals surface area (Å²) in [7, 11) is 0. The Hall–Kier alpha value is -1.89. The van der Waals surface area contributed by atoms with Crippen molar-refractivity contribution in [2.24, 2.45) is 0 Å². The summed E-state index contributed by atoms with van der Waals surface area (Å²) in [4.78, 5) is 24.7. The number of aliphatic carboxylic acids is 1. The Bertz CT molecular complexity index is 524. The maximum atomic E-state index is 12.4. The van der Waals surface area contributed by atoms with E-state index >= 15 is 0 Å². The van der Waals surface area contributed by atoms with E-state index in [1.165, 1.54) is 0 Å². The molecule has 122 valence electrons. The third-order valence-corrected chi connectivity index (χ3v) is 3.97. The molecule has 1 atom stereocenters. The molecule has 1 amide bonds. The van der Waals surface area contributed by atoms with Crippen LogP contribution in [0.4, 0.5) is 0 Å². The van der Waals surface area contributed by atoms with Crippen molar-refractivity contribution in [3.63, 3.8) is 0 Å². The van der Waals surface area contributed by atoms with Crippen molar-refractivity contribution >= 4 is 11.9 Å². The molecule has 0 aromatic carbocycles. The Morgan fingerprint density at radius 3 is 2.82 bits per heavy atom. The number of carboxylic acids is 1. The van der Waals surface area contributed by atoms with Crippen molar-refractivity contribution in [3.05, 3.63) is 17.5 Å². The van der Waals surface area contributed by atoms with Crippen molar-refractivity contribution in [2.75, 3.05) is 19.7 Å². The number of hydrogen-bond donors (Lipinski definition) is 1. The van der Waals surface area contributed by atoms with Gasteiger partial charge < -0.3 is 19.3 Å². The number of carbonyl (C=O) groups excluding carboxylic acids is 1. The SMILES string of the molecule is CCC(CC)c1cc(C(=O)N2CCOC(CC(=O)O)C2)on1. The summed E-state index contributed by atoms with van der Waals surface area (Å²) in [5, 5.41) is 12.8. The van der Waals surface area contributed by atoms with Crippen LogP contribution in [0, 0.1) is 0 Å². The quantitative estimate of drug-likeness (QED) is 0.862. The second-order valence-electron chi connectivity index (χ2n) is 5.47. The zero-order valence-corrected chi connectivity index (χ0v) is 12.9. The summed E-state index contributed by atoms with van der Waals surface area (Å²) in [6.45, 7) is 5.16. The largest absolute Gasteiger partial charge is 0.481 e. The first-order chi connectivity index (χ1) is 10.5. The molecule has 0 radical (unpaired) electrons. The van der Waals surface area contributed by atoms with E-state index in [0.29, 0.717) is 13.2 Å². The van der Waals surface area contributed by atoms with Gasteiger partial charge in [-0.1, -0.05) is 19.0 Å². The Labute approximate surface area is 129 Å². The average Bonchev–Trinajstić information content (AvgIpc) is 2.97. The molecule has 0 spiro atoms. The van der Waals surface area contributed by atoms with E-state index in [4.69, 9.17) is 14.4 Å². The van der Waals surface area contributed by atoms with Crippen LogP contribution in [0.3, 0.4) is 0 Å². The lowest BCUT2D eigenvalue weighted by Gasteiger charge is -2.31. The van der Waals surface area contributed by atoms with E-state index < -0.39 is 12.1 Å². The first kappa shape index (κ1) is 16.5. The molecule has 1 aliphatic rings. The molecule has 7 nitrogen and oxygen atoms in total. The van der Waals surface area contributed by atoms with Crippen molar-refractivity contribution in [3.8, 4) is 0 Å². The summed E-state index contributed by atoms with van der Waals surface area (Å²) in [5.41, 5.74) is 0.795. The summed E-state index contributed by atoms with van der Waals surface area (Å²) in [6, 6.07) is 1.70. The fourth-order valence-electron chi connectivity index (χ4n) is 2.67. The van der Waals surface area contributed by atoms with Gasteiger partial charge in [-0.25, -0.2) is 0 Å². The molecular formula is C15H22N2O5. The van der Waals surface area contributed by atoms with E-state index in [2.05, 4.69) is 19.0 Å². The molecule has 22 heavy (non-hydrogen) atoms. The summed E-state index contributed by atoms with van der Waals surface area (Å²) in [6.07, 6.45) is 1.29. The molecule has 1 N–H and O–H groups in total. The average molecular weight is 310 g/mol. The lowest BCUT2D eigenvalue weighted by molar-refractivity contribution is -0.141.